The number of benzene rings is 1. The van der Waals surface area contributed by atoms with Crippen LogP contribution in [0, 0.1) is 24.2 Å². The average Bonchev–Trinajstić information content (AvgIpc) is 2.56. The summed E-state index contributed by atoms with van der Waals surface area (Å²) in [5.41, 5.74) is 3.11. The van der Waals surface area contributed by atoms with Crippen molar-refractivity contribution in [3.8, 4) is 6.07 Å². The third kappa shape index (κ3) is 3.57. The first-order chi connectivity index (χ1) is 11.0. The van der Waals surface area contributed by atoms with E-state index in [1.807, 2.05) is 18.2 Å². The smallest absolute Gasteiger partial charge is 0.272 e. The number of rotatable bonds is 4. The van der Waals surface area contributed by atoms with Crippen LogP contribution in [-0.2, 0) is 0 Å². The molecule has 0 spiro atoms. The van der Waals surface area contributed by atoms with Crippen LogP contribution in [0.15, 0.2) is 42.6 Å². The van der Waals surface area contributed by atoms with Crippen molar-refractivity contribution < 1.29 is 4.79 Å². The minimum atomic E-state index is -0.142. The molecule has 2 rings (SSSR count). The highest BCUT2D eigenvalue weighted by Gasteiger charge is 2.27. The fraction of sp³-hybridized carbons (Fsp3) is 0.316. The van der Waals surface area contributed by atoms with Crippen LogP contribution >= 0.6 is 0 Å². The molecule has 0 N–H and O–H groups in total. The van der Waals surface area contributed by atoms with Crippen LogP contribution in [-0.4, -0.2) is 22.8 Å². The molecule has 2 aromatic rings. The van der Waals surface area contributed by atoms with Crippen molar-refractivity contribution >= 4 is 5.91 Å². The second-order valence-corrected chi connectivity index (χ2v) is 6.01. The maximum Gasteiger partial charge on any atom is 0.272 e. The van der Waals surface area contributed by atoms with Crippen LogP contribution in [0.1, 0.15) is 47.1 Å². The normalized spacial score (nSPS) is 11.8. The molecule has 1 aromatic heterocycles. The zero-order valence-corrected chi connectivity index (χ0v) is 13.9. The Morgan fingerprint density at radius 3 is 2.43 bits per heavy atom. The summed E-state index contributed by atoms with van der Waals surface area (Å²) in [7, 11) is 1.80. The molecule has 0 fully saturated rings. The van der Waals surface area contributed by atoms with Gasteiger partial charge < -0.3 is 4.90 Å². The molecule has 0 aliphatic rings. The number of pyridine rings is 1. The summed E-state index contributed by atoms with van der Waals surface area (Å²) < 4.78 is 0. The molecule has 1 amide bonds. The summed E-state index contributed by atoms with van der Waals surface area (Å²) in [6.45, 7) is 6.27. The predicted octanol–water partition coefficient (Wildman–Crippen LogP) is 3.73. The van der Waals surface area contributed by atoms with E-state index in [9.17, 15) is 4.79 Å². The highest BCUT2D eigenvalue weighted by atomic mass is 16.2. The lowest BCUT2D eigenvalue weighted by atomic mass is 9.91. The van der Waals surface area contributed by atoms with Gasteiger partial charge in [-0.1, -0.05) is 38.1 Å². The Morgan fingerprint density at radius 1 is 1.22 bits per heavy atom. The molecule has 4 nitrogen and oxygen atoms in total. The summed E-state index contributed by atoms with van der Waals surface area (Å²) in [5, 5.41) is 8.83. The summed E-state index contributed by atoms with van der Waals surface area (Å²) in [6.07, 6.45) is 1.43. The van der Waals surface area contributed by atoms with Crippen LogP contribution in [0.4, 0.5) is 0 Å². The first kappa shape index (κ1) is 16.7. The third-order valence-corrected chi connectivity index (χ3v) is 3.99. The quantitative estimate of drug-likeness (QED) is 0.864. The first-order valence-corrected chi connectivity index (χ1v) is 7.64. The van der Waals surface area contributed by atoms with E-state index in [-0.39, 0.29) is 17.9 Å². The van der Waals surface area contributed by atoms with Crippen molar-refractivity contribution in [2.75, 3.05) is 7.05 Å². The molecule has 118 valence electrons. The van der Waals surface area contributed by atoms with Gasteiger partial charge in [0.2, 0.25) is 0 Å². The second kappa shape index (κ2) is 7.06. The third-order valence-electron chi connectivity index (χ3n) is 3.99. The first-order valence-electron chi connectivity index (χ1n) is 7.64. The zero-order chi connectivity index (χ0) is 17.0. The van der Waals surface area contributed by atoms with Crippen molar-refractivity contribution in [3.05, 3.63) is 65.0 Å². The monoisotopic (exact) mass is 307 g/mol. The Bertz CT molecular complexity index is 729. The second-order valence-electron chi connectivity index (χ2n) is 6.01. The van der Waals surface area contributed by atoms with Gasteiger partial charge in [0.15, 0.2) is 0 Å². The van der Waals surface area contributed by atoms with Crippen molar-refractivity contribution in [2.45, 2.75) is 26.8 Å². The van der Waals surface area contributed by atoms with Crippen molar-refractivity contribution in [2.24, 2.45) is 5.92 Å². The molecule has 1 heterocycles. The summed E-state index contributed by atoms with van der Waals surface area (Å²) in [5.74, 6) is 0.125. The number of carbonyl (C=O) groups is 1. The predicted molar refractivity (Wildman–Crippen MR) is 89.8 cm³/mol. The molecule has 0 aliphatic heterocycles. The average molecular weight is 307 g/mol. The van der Waals surface area contributed by atoms with E-state index in [0.717, 1.165) is 5.56 Å². The Morgan fingerprint density at radius 2 is 1.91 bits per heavy atom. The van der Waals surface area contributed by atoms with E-state index in [1.165, 1.54) is 11.8 Å². The topological polar surface area (TPSA) is 57.0 Å². The number of aryl methyl sites for hydroxylation is 1. The van der Waals surface area contributed by atoms with E-state index < -0.39 is 0 Å². The van der Waals surface area contributed by atoms with Gasteiger partial charge in [-0.25, -0.2) is 4.98 Å². The molecular formula is C19H21N3O. The van der Waals surface area contributed by atoms with Crippen LogP contribution in [0.25, 0.3) is 0 Å². The molecule has 0 saturated carbocycles. The fourth-order valence-electron chi connectivity index (χ4n) is 2.83. The lowest BCUT2D eigenvalue weighted by Gasteiger charge is -2.32. The lowest BCUT2D eigenvalue weighted by Crippen LogP contribution is -2.35. The number of hydrogen-bond acceptors (Lipinski definition) is 3. The molecule has 0 bridgehead atoms. The van der Waals surface area contributed by atoms with Crippen LogP contribution in [0.5, 0.6) is 0 Å². The Hall–Kier alpha value is -2.67. The van der Waals surface area contributed by atoms with Gasteiger partial charge in [-0.3, -0.25) is 4.79 Å². The molecular weight excluding hydrogens is 286 g/mol. The number of hydrogen-bond donors (Lipinski definition) is 0. The molecule has 1 unspecified atom stereocenters. The van der Waals surface area contributed by atoms with Crippen LogP contribution in [0.3, 0.4) is 0 Å². The molecule has 1 atom stereocenters. The minimum absolute atomic E-state index is 0.0267. The Balaban J connectivity index is 2.34. The number of nitrogens with zero attached hydrogens (tertiary/aromatic N) is 3. The summed E-state index contributed by atoms with van der Waals surface area (Å²) in [6, 6.07) is 13.3. The van der Waals surface area contributed by atoms with Gasteiger partial charge in [-0.2, -0.15) is 5.26 Å². The summed E-state index contributed by atoms with van der Waals surface area (Å²) >= 11 is 0. The molecule has 1 aromatic carbocycles. The van der Waals surface area contributed by atoms with Crippen molar-refractivity contribution in [1.29, 1.82) is 5.26 Å². The minimum Gasteiger partial charge on any atom is -0.333 e. The SMILES string of the molecule is Cc1ccccc1C(C(C)C)N(C)C(=O)c1ccc(C#N)cn1. The van der Waals surface area contributed by atoms with Gasteiger partial charge in [-0.05, 0) is 36.1 Å². The van der Waals surface area contributed by atoms with Gasteiger partial charge in [0.05, 0.1) is 11.6 Å². The van der Waals surface area contributed by atoms with E-state index in [0.29, 0.717) is 11.3 Å². The molecule has 0 saturated heterocycles. The highest BCUT2D eigenvalue weighted by Crippen LogP contribution is 2.30. The van der Waals surface area contributed by atoms with Gasteiger partial charge in [-0.15, -0.1) is 0 Å². The number of amides is 1. The van der Waals surface area contributed by atoms with E-state index in [1.54, 1.807) is 24.1 Å². The van der Waals surface area contributed by atoms with Crippen molar-refractivity contribution in [1.82, 2.24) is 9.88 Å². The number of aromatic nitrogens is 1. The zero-order valence-electron chi connectivity index (χ0n) is 13.9. The molecule has 23 heavy (non-hydrogen) atoms. The standard InChI is InChI=1S/C19H21N3O/c1-13(2)18(16-8-6-5-7-14(16)3)22(4)19(23)17-10-9-15(11-20)12-21-17/h5-10,12-13,18H,1-4H3. The van der Waals surface area contributed by atoms with Gasteiger partial charge in [0.25, 0.3) is 5.91 Å². The Labute approximate surface area is 137 Å². The van der Waals surface area contributed by atoms with E-state index >= 15 is 0 Å². The largest absolute Gasteiger partial charge is 0.333 e. The molecule has 4 heteroatoms. The van der Waals surface area contributed by atoms with E-state index in [4.69, 9.17) is 5.26 Å². The maximum atomic E-state index is 12.8. The number of nitriles is 1. The maximum absolute atomic E-state index is 12.8. The molecule has 0 aliphatic carbocycles. The van der Waals surface area contributed by atoms with Gasteiger partial charge >= 0.3 is 0 Å². The van der Waals surface area contributed by atoms with Gasteiger partial charge in [0, 0.05) is 13.2 Å². The summed E-state index contributed by atoms with van der Waals surface area (Å²) in [4.78, 5) is 18.6. The number of carbonyl (C=O) groups excluding carboxylic acids is 1. The highest BCUT2D eigenvalue weighted by molar-refractivity contribution is 5.92. The van der Waals surface area contributed by atoms with Gasteiger partial charge in [0.1, 0.15) is 11.8 Å². The van der Waals surface area contributed by atoms with Crippen LogP contribution < -0.4 is 0 Å². The van der Waals surface area contributed by atoms with Crippen molar-refractivity contribution in [3.63, 3.8) is 0 Å². The lowest BCUT2D eigenvalue weighted by molar-refractivity contribution is 0.0680. The van der Waals surface area contributed by atoms with E-state index in [2.05, 4.69) is 37.9 Å². The molecule has 0 radical (unpaired) electrons. The fourth-order valence-corrected chi connectivity index (χ4v) is 2.83. The van der Waals surface area contributed by atoms with Crippen LogP contribution in [0.2, 0.25) is 0 Å². The Kier molecular flexibility index (Phi) is 5.13.